The number of carbonyl (C=O) groups excluding carboxylic acids is 1. The van der Waals surface area contributed by atoms with E-state index in [4.69, 9.17) is 4.74 Å². The number of aromatic nitrogens is 1. The van der Waals surface area contributed by atoms with Gasteiger partial charge in [0.1, 0.15) is 6.10 Å². The molecule has 2 aliphatic rings. The van der Waals surface area contributed by atoms with Gasteiger partial charge in [0.25, 0.3) is 0 Å². The quantitative estimate of drug-likeness (QED) is 0.805. The maximum atomic E-state index is 12.2. The highest BCUT2D eigenvalue weighted by Crippen LogP contribution is 2.49. The van der Waals surface area contributed by atoms with Crippen molar-refractivity contribution in [3.8, 4) is 11.1 Å². The Morgan fingerprint density at radius 2 is 2.00 bits per heavy atom. The van der Waals surface area contributed by atoms with Crippen LogP contribution < -0.4 is 0 Å². The van der Waals surface area contributed by atoms with Crippen LogP contribution in [0.2, 0.25) is 0 Å². The van der Waals surface area contributed by atoms with Gasteiger partial charge in [0, 0.05) is 17.7 Å². The van der Waals surface area contributed by atoms with E-state index in [1.54, 1.807) is 0 Å². The van der Waals surface area contributed by atoms with Crippen LogP contribution in [0.4, 0.5) is 0 Å². The van der Waals surface area contributed by atoms with Crippen molar-refractivity contribution in [1.29, 1.82) is 0 Å². The Labute approximate surface area is 166 Å². The molecule has 1 aliphatic carbocycles. The number of esters is 1. The van der Waals surface area contributed by atoms with Gasteiger partial charge in [-0.1, -0.05) is 43.3 Å². The van der Waals surface area contributed by atoms with Gasteiger partial charge >= 0.3 is 5.97 Å². The number of pyridine rings is 1. The molecular weight excluding hydrogens is 350 g/mol. The second kappa shape index (κ2) is 7.17. The summed E-state index contributed by atoms with van der Waals surface area (Å²) in [5.74, 6) is -0.204. The van der Waals surface area contributed by atoms with E-state index in [0.29, 0.717) is 12.3 Å². The molecule has 4 rings (SSSR count). The Kier molecular flexibility index (Phi) is 4.84. The molecule has 1 aliphatic heterocycles. The smallest absolute Gasteiger partial charge is 0.338 e. The minimum absolute atomic E-state index is 0.0815. The summed E-state index contributed by atoms with van der Waals surface area (Å²) in [4.78, 5) is 16.8. The fourth-order valence-electron chi connectivity index (χ4n) is 4.84. The fraction of sp³-hybridized carbons (Fsp3) is 0.417. The normalized spacial score (nSPS) is 32.4. The summed E-state index contributed by atoms with van der Waals surface area (Å²) >= 11 is 0. The Balaban J connectivity index is 1.56. The maximum absolute atomic E-state index is 12.2. The minimum atomic E-state index is -1.34. The standard InChI is InChI=1S/C24H27NO3/c1-15-6-4-5-7-20(15)18-8-9-19(25-14-18)10-11-21-16(2)12-13-24(27)22(21)17(3)28-23(24)26/h4-11,14,16-17,21-22,27H,12-13H2,1-3H3/b11-10+. The van der Waals surface area contributed by atoms with Crippen LogP contribution in [0, 0.1) is 24.7 Å². The SMILES string of the molecule is Cc1ccccc1-c1ccc(/C=C/C2C(C)CCC3(O)C(=O)OC(C)C23)nc1. The lowest BCUT2D eigenvalue weighted by molar-refractivity contribution is -0.158. The van der Waals surface area contributed by atoms with Crippen LogP contribution >= 0.6 is 0 Å². The number of aliphatic hydroxyl groups is 1. The second-order valence-electron chi connectivity index (χ2n) is 8.30. The summed E-state index contributed by atoms with van der Waals surface area (Å²) in [6.07, 6.45) is 7.02. The van der Waals surface area contributed by atoms with Gasteiger partial charge < -0.3 is 9.84 Å². The maximum Gasteiger partial charge on any atom is 0.338 e. The zero-order valence-electron chi connectivity index (χ0n) is 16.6. The molecule has 4 nitrogen and oxygen atoms in total. The van der Waals surface area contributed by atoms with E-state index in [0.717, 1.165) is 17.7 Å². The number of rotatable bonds is 3. The third-order valence-electron chi connectivity index (χ3n) is 6.49. The number of fused-ring (bicyclic) bond motifs is 1. The van der Waals surface area contributed by atoms with Gasteiger partial charge in [0.2, 0.25) is 0 Å². The number of benzene rings is 1. The molecule has 4 heteroatoms. The number of aryl methyl sites for hydroxylation is 1. The van der Waals surface area contributed by atoms with Crippen molar-refractivity contribution in [1.82, 2.24) is 4.98 Å². The first-order valence-corrected chi connectivity index (χ1v) is 10.0. The Morgan fingerprint density at radius 3 is 2.71 bits per heavy atom. The molecule has 1 aromatic carbocycles. The van der Waals surface area contributed by atoms with Gasteiger partial charge in [-0.25, -0.2) is 4.79 Å². The monoisotopic (exact) mass is 377 g/mol. The van der Waals surface area contributed by atoms with Crippen molar-refractivity contribution < 1.29 is 14.6 Å². The second-order valence-corrected chi connectivity index (χ2v) is 8.30. The van der Waals surface area contributed by atoms with Crippen LogP contribution in [-0.4, -0.2) is 27.8 Å². The first kappa shape index (κ1) is 18.9. The summed E-state index contributed by atoms with van der Waals surface area (Å²) in [6, 6.07) is 12.4. The van der Waals surface area contributed by atoms with Gasteiger partial charge in [0.05, 0.1) is 5.69 Å². The number of allylic oxidation sites excluding steroid dienone is 1. The van der Waals surface area contributed by atoms with E-state index in [9.17, 15) is 9.90 Å². The molecule has 0 radical (unpaired) electrons. The summed E-state index contributed by atoms with van der Waals surface area (Å²) < 4.78 is 5.38. The number of hydrogen-bond donors (Lipinski definition) is 1. The average molecular weight is 377 g/mol. The van der Waals surface area contributed by atoms with Crippen LogP contribution in [0.1, 0.15) is 37.9 Å². The minimum Gasteiger partial charge on any atom is -0.460 e. The highest BCUT2D eigenvalue weighted by atomic mass is 16.6. The molecule has 146 valence electrons. The van der Waals surface area contributed by atoms with Crippen LogP contribution in [0.3, 0.4) is 0 Å². The van der Waals surface area contributed by atoms with Crippen LogP contribution in [0.25, 0.3) is 17.2 Å². The third-order valence-corrected chi connectivity index (χ3v) is 6.49. The number of nitrogens with zero attached hydrogens (tertiary/aromatic N) is 1. The van der Waals surface area contributed by atoms with E-state index in [2.05, 4.69) is 43.1 Å². The van der Waals surface area contributed by atoms with Gasteiger partial charge in [0.15, 0.2) is 5.60 Å². The van der Waals surface area contributed by atoms with E-state index in [-0.39, 0.29) is 17.9 Å². The highest BCUT2D eigenvalue weighted by Gasteiger charge is 2.59. The topological polar surface area (TPSA) is 59.4 Å². The molecule has 0 amide bonds. The van der Waals surface area contributed by atoms with Crippen LogP contribution in [0.5, 0.6) is 0 Å². The fourth-order valence-corrected chi connectivity index (χ4v) is 4.84. The molecule has 1 N–H and O–H groups in total. The van der Waals surface area contributed by atoms with Crippen molar-refractivity contribution in [2.75, 3.05) is 0 Å². The van der Waals surface area contributed by atoms with E-state index in [1.165, 1.54) is 11.1 Å². The lowest BCUT2D eigenvalue weighted by atomic mass is 9.64. The highest BCUT2D eigenvalue weighted by molar-refractivity contribution is 5.82. The number of cyclic esters (lactones) is 1. The third kappa shape index (κ3) is 3.16. The Bertz CT molecular complexity index is 904. The zero-order valence-corrected chi connectivity index (χ0v) is 16.6. The first-order valence-electron chi connectivity index (χ1n) is 10.0. The summed E-state index contributed by atoms with van der Waals surface area (Å²) in [5.41, 5.74) is 3.04. The lowest BCUT2D eigenvalue weighted by Crippen LogP contribution is -2.50. The molecule has 1 saturated heterocycles. The van der Waals surface area contributed by atoms with Crippen molar-refractivity contribution in [3.63, 3.8) is 0 Å². The molecule has 28 heavy (non-hydrogen) atoms. The lowest BCUT2D eigenvalue weighted by Gasteiger charge is -2.40. The van der Waals surface area contributed by atoms with Gasteiger partial charge in [-0.05, 0) is 61.8 Å². The van der Waals surface area contributed by atoms with Gasteiger partial charge in [-0.3, -0.25) is 4.98 Å². The van der Waals surface area contributed by atoms with Crippen LogP contribution in [0.15, 0.2) is 48.7 Å². The molecule has 2 heterocycles. The number of carbonyl (C=O) groups is 1. The Hall–Kier alpha value is -2.46. The average Bonchev–Trinajstić information content (AvgIpc) is 2.91. The molecular formula is C24H27NO3. The molecule has 2 fully saturated rings. The molecule has 5 unspecified atom stereocenters. The zero-order chi connectivity index (χ0) is 19.9. The van der Waals surface area contributed by atoms with Crippen molar-refractivity contribution >= 4 is 12.0 Å². The summed E-state index contributed by atoms with van der Waals surface area (Å²) in [7, 11) is 0. The molecule has 1 aromatic heterocycles. The largest absolute Gasteiger partial charge is 0.460 e. The molecule has 0 spiro atoms. The summed E-state index contributed by atoms with van der Waals surface area (Å²) in [5, 5.41) is 10.9. The van der Waals surface area contributed by atoms with Crippen molar-refractivity contribution in [3.05, 3.63) is 59.9 Å². The molecule has 2 aromatic rings. The van der Waals surface area contributed by atoms with Gasteiger partial charge in [-0.2, -0.15) is 0 Å². The van der Waals surface area contributed by atoms with Crippen molar-refractivity contribution in [2.24, 2.45) is 17.8 Å². The van der Waals surface area contributed by atoms with E-state index >= 15 is 0 Å². The molecule has 5 atom stereocenters. The molecule has 1 saturated carbocycles. The Morgan fingerprint density at radius 1 is 1.21 bits per heavy atom. The molecule has 0 bridgehead atoms. The number of hydrogen-bond acceptors (Lipinski definition) is 4. The van der Waals surface area contributed by atoms with Crippen LogP contribution in [-0.2, 0) is 9.53 Å². The van der Waals surface area contributed by atoms with Crippen molar-refractivity contribution in [2.45, 2.75) is 45.3 Å². The first-order chi connectivity index (χ1) is 13.4. The predicted molar refractivity (Wildman–Crippen MR) is 109 cm³/mol. The number of ether oxygens (including phenoxy) is 1. The van der Waals surface area contributed by atoms with Gasteiger partial charge in [-0.15, -0.1) is 0 Å². The summed E-state index contributed by atoms with van der Waals surface area (Å²) in [6.45, 7) is 6.16. The van der Waals surface area contributed by atoms with E-state index < -0.39 is 11.6 Å². The predicted octanol–water partition coefficient (Wildman–Crippen LogP) is 4.41. The van der Waals surface area contributed by atoms with E-state index in [1.807, 2.05) is 37.4 Å².